The van der Waals surface area contributed by atoms with Crippen LogP contribution in [0.1, 0.15) is 44.2 Å². The molecule has 6 heteroatoms. The van der Waals surface area contributed by atoms with Gasteiger partial charge in [-0.3, -0.25) is 14.8 Å². The average molecular weight is 383 g/mol. The number of aromatic amines is 1. The summed E-state index contributed by atoms with van der Waals surface area (Å²) in [6, 6.07) is 6.04. The molecular formula is C22H30N4O2. The molecule has 6 nitrogen and oxygen atoms in total. The van der Waals surface area contributed by atoms with Gasteiger partial charge in [0.05, 0.1) is 18.3 Å². The third-order valence-electron chi connectivity index (χ3n) is 6.89. The maximum atomic E-state index is 12.4. The first-order valence-corrected chi connectivity index (χ1v) is 10.7. The van der Waals surface area contributed by atoms with Crippen LogP contribution < -0.4 is 4.74 Å². The number of piperidine rings is 2. The van der Waals surface area contributed by atoms with E-state index in [0.717, 1.165) is 73.8 Å². The van der Waals surface area contributed by atoms with E-state index in [1.54, 1.807) is 7.11 Å². The molecule has 3 aliphatic rings. The third-order valence-corrected chi connectivity index (χ3v) is 6.89. The van der Waals surface area contributed by atoms with E-state index < -0.39 is 0 Å². The van der Waals surface area contributed by atoms with Crippen molar-refractivity contribution >= 4 is 16.8 Å². The summed E-state index contributed by atoms with van der Waals surface area (Å²) in [4.78, 5) is 17.2. The Hall–Kier alpha value is -2.08. The molecule has 1 aromatic carbocycles. The van der Waals surface area contributed by atoms with Gasteiger partial charge in [-0.05, 0) is 62.8 Å². The van der Waals surface area contributed by atoms with Crippen molar-refractivity contribution in [3.8, 4) is 5.75 Å². The quantitative estimate of drug-likeness (QED) is 0.863. The number of benzene rings is 1. The molecule has 3 fully saturated rings. The van der Waals surface area contributed by atoms with Gasteiger partial charge in [0.25, 0.3) is 0 Å². The number of aromatic nitrogens is 2. The lowest BCUT2D eigenvalue weighted by Gasteiger charge is -2.48. The molecule has 2 saturated heterocycles. The molecule has 0 bridgehead atoms. The maximum Gasteiger partial charge on any atom is 0.222 e. The lowest BCUT2D eigenvalue weighted by molar-refractivity contribution is -0.139. The van der Waals surface area contributed by atoms with Crippen LogP contribution in [-0.4, -0.2) is 59.2 Å². The van der Waals surface area contributed by atoms with Gasteiger partial charge in [0.1, 0.15) is 5.75 Å². The molecular weight excluding hydrogens is 352 g/mol. The summed E-state index contributed by atoms with van der Waals surface area (Å²) in [7, 11) is 1.70. The Bertz CT molecular complexity index is 875. The van der Waals surface area contributed by atoms with Crippen molar-refractivity contribution in [3.05, 3.63) is 23.9 Å². The zero-order chi connectivity index (χ0) is 19.1. The standard InChI is InChI=1S/C22H30N4O2/c1-28-17-5-6-19-18(11-17)20(24-23-19)13-25-10-2-8-22(14-25)9-7-21(27)26(15-22)12-16-3-4-16/h5-6,11,16H,2-4,7-10,12-15H2,1H3,(H,23,24). The van der Waals surface area contributed by atoms with Gasteiger partial charge >= 0.3 is 0 Å². The van der Waals surface area contributed by atoms with E-state index in [1.165, 1.54) is 25.7 Å². The number of nitrogens with one attached hydrogen (secondary N) is 1. The van der Waals surface area contributed by atoms with Gasteiger partial charge in [0, 0.05) is 43.4 Å². The third kappa shape index (κ3) is 3.50. The van der Waals surface area contributed by atoms with Crippen molar-refractivity contribution in [3.63, 3.8) is 0 Å². The van der Waals surface area contributed by atoms with Crippen LogP contribution in [0.5, 0.6) is 5.75 Å². The van der Waals surface area contributed by atoms with E-state index in [-0.39, 0.29) is 5.41 Å². The molecule has 1 amide bonds. The fourth-order valence-electron chi connectivity index (χ4n) is 5.17. The first-order valence-electron chi connectivity index (χ1n) is 10.7. The number of carbonyl (C=O) groups excluding carboxylic acids is 1. The summed E-state index contributed by atoms with van der Waals surface area (Å²) in [6.07, 6.45) is 6.83. The van der Waals surface area contributed by atoms with E-state index in [0.29, 0.717) is 5.91 Å². The molecule has 2 aliphatic heterocycles. The van der Waals surface area contributed by atoms with Gasteiger partial charge in [-0.2, -0.15) is 5.10 Å². The van der Waals surface area contributed by atoms with Crippen molar-refractivity contribution in [2.45, 2.75) is 45.1 Å². The Balaban J connectivity index is 1.31. The molecule has 28 heavy (non-hydrogen) atoms. The van der Waals surface area contributed by atoms with Gasteiger partial charge < -0.3 is 9.64 Å². The lowest BCUT2D eigenvalue weighted by atomic mass is 9.73. The number of ether oxygens (including phenoxy) is 1. The Labute approximate surface area is 166 Å². The Morgan fingerprint density at radius 1 is 1.29 bits per heavy atom. The molecule has 1 saturated carbocycles. The van der Waals surface area contributed by atoms with E-state index in [9.17, 15) is 4.79 Å². The van der Waals surface area contributed by atoms with Crippen LogP contribution in [0.4, 0.5) is 0 Å². The second kappa shape index (κ2) is 7.07. The number of nitrogens with zero attached hydrogens (tertiary/aromatic N) is 3. The molecule has 3 heterocycles. The minimum atomic E-state index is 0.272. The molecule has 1 N–H and O–H groups in total. The van der Waals surface area contributed by atoms with Crippen molar-refractivity contribution in [2.75, 3.05) is 33.3 Å². The molecule has 1 spiro atoms. The summed E-state index contributed by atoms with van der Waals surface area (Å²) in [5, 5.41) is 8.85. The normalized spacial score (nSPS) is 26.3. The molecule has 150 valence electrons. The molecule has 1 unspecified atom stereocenters. The van der Waals surface area contributed by atoms with E-state index in [4.69, 9.17) is 4.74 Å². The molecule has 1 aliphatic carbocycles. The lowest BCUT2D eigenvalue weighted by Crippen LogP contribution is -2.54. The van der Waals surface area contributed by atoms with Gasteiger partial charge in [0.15, 0.2) is 0 Å². The summed E-state index contributed by atoms with van der Waals surface area (Å²) >= 11 is 0. The number of rotatable bonds is 5. The molecule has 5 rings (SSSR count). The molecule has 0 radical (unpaired) electrons. The van der Waals surface area contributed by atoms with E-state index >= 15 is 0 Å². The number of H-pyrrole nitrogens is 1. The Morgan fingerprint density at radius 2 is 2.18 bits per heavy atom. The minimum absolute atomic E-state index is 0.272. The SMILES string of the molecule is COc1ccc2n[nH]c(CN3CCCC4(CCC(=O)N(CC5CC5)C4)C3)c2c1. The summed E-state index contributed by atoms with van der Waals surface area (Å²) < 4.78 is 5.39. The highest BCUT2D eigenvalue weighted by Crippen LogP contribution is 2.41. The van der Waals surface area contributed by atoms with Gasteiger partial charge in [-0.15, -0.1) is 0 Å². The molecule has 1 aromatic heterocycles. The van der Waals surface area contributed by atoms with Crippen molar-refractivity contribution in [1.82, 2.24) is 20.0 Å². The molecule has 2 aromatic rings. The van der Waals surface area contributed by atoms with Crippen LogP contribution in [0.15, 0.2) is 18.2 Å². The van der Waals surface area contributed by atoms with Gasteiger partial charge in [0.2, 0.25) is 5.91 Å². The van der Waals surface area contributed by atoms with Gasteiger partial charge in [-0.25, -0.2) is 0 Å². The van der Waals surface area contributed by atoms with Crippen LogP contribution in [0.2, 0.25) is 0 Å². The number of likely N-dealkylation sites (tertiary alicyclic amines) is 2. The van der Waals surface area contributed by atoms with E-state index in [2.05, 4.69) is 26.1 Å². The first kappa shape index (κ1) is 18.0. The number of fused-ring (bicyclic) bond motifs is 1. The maximum absolute atomic E-state index is 12.4. The monoisotopic (exact) mass is 382 g/mol. The predicted octanol–water partition coefficient (Wildman–Crippen LogP) is 3.19. The second-order valence-corrected chi connectivity index (χ2v) is 9.12. The van der Waals surface area contributed by atoms with Crippen LogP contribution >= 0.6 is 0 Å². The fraction of sp³-hybridized carbons (Fsp3) is 0.636. The number of amides is 1. The zero-order valence-electron chi connectivity index (χ0n) is 16.7. The van der Waals surface area contributed by atoms with Crippen LogP contribution in [0, 0.1) is 11.3 Å². The van der Waals surface area contributed by atoms with Crippen molar-refractivity contribution in [2.24, 2.45) is 11.3 Å². The van der Waals surface area contributed by atoms with Crippen molar-refractivity contribution in [1.29, 1.82) is 0 Å². The highest BCUT2D eigenvalue weighted by Gasteiger charge is 2.42. The number of methoxy groups -OCH3 is 1. The smallest absolute Gasteiger partial charge is 0.222 e. The predicted molar refractivity (Wildman–Crippen MR) is 108 cm³/mol. The first-order chi connectivity index (χ1) is 13.6. The number of carbonyl (C=O) groups is 1. The van der Waals surface area contributed by atoms with Crippen molar-refractivity contribution < 1.29 is 9.53 Å². The number of hydrogen-bond acceptors (Lipinski definition) is 4. The van der Waals surface area contributed by atoms with E-state index in [1.807, 2.05) is 12.1 Å². The van der Waals surface area contributed by atoms with Gasteiger partial charge in [-0.1, -0.05) is 0 Å². The molecule has 1 atom stereocenters. The van der Waals surface area contributed by atoms with Crippen LogP contribution in [0.25, 0.3) is 10.9 Å². The second-order valence-electron chi connectivity index (χ2n) is 9.12. The van der Waals surface area contributed by atoms with Crippen LogP contribution in [0.3, 0.4) is 0 Å². The number of hydrogen-bond donors (Lipinski definition) is 1. The Kier molecular flexibility index (Phi) is 4.54. The summed E-state index contributed by atoms with van der Waals surface area (Å²) in [6.45, 7) is 5.01. The van der Waals surface area contributed by atoms with Crippen LogP contribution in [-0.2, 0) is 11.3 Å². The summed E-state index contributed by atoms with van der Waals surface area (Å²) in [5.74, 6) is 2.01. The largest absolute Gasteiger partial charge is 0.497 e. The Morgan fingerprint density at radius 3 is 3.00 bits per heavy atom. The highest BCUT2D eigenvalue weighted by molar-refractivity contribution is 5.82. The highest BCUT2D eigenvalue weighted by atomic mass is 16.5. The average Bonchev–Trinajstić information content (AvgIpc) is 3.44. The fourth-order valence-corrected chi connectivity index (χ4v) is 5.17. The zero-order valence-corrected chi connectivity index (χ0v) is 16.7. The minimum Gasteiger partial charge on any atom is -0.497 e. The topological polar surface area (TPSA) is 61.5 Å². The summed E-state index contributed by atoms with van der Waals surface area (Å²) in [5.41, 5.74) is 2.42.